The number of pyridine rings is 1. The first-order valence-electron chi connectivity index (χ1n) is 6.84. The zero-order valence-electron chi connectivity index (χ0n) is 11.7. The Kier molecular flexibility index (Phi) is 4.74. The number of carbonyl (C=O) groups is 1. The molecule has 0 atom stereocenters. The Morgan fingerprint density at radius 3 is 2.89 bits per heavy atom. The van der Waals surface area contributed by atoms with Gasteiger partial charge in [-0.2, -0.15) is 0 Å². The van der Waals surface area contributed by atoms with E-state index in [1.54, 1.807) is 0 Å². The summed E-state index contributed by atoms with van der Waals surface area (Å²) in [5, 5.41) is 3.18. The third kappa shape index (κ3) is 3.92. The van der Waals surface area contributed by atoms with Crippen molar-refractivity contribution in [2.24, 2.45) is 0 Å². The molecule has 2 heterocycles. The number of rotatable bonds is 4. The van der Waals surface area contributed by atoms with Crippen molar-refractivity contribution in [2.45, 2.75) is 19.9 Å². The van der Waals surface area contributed by atoms with Crippen LogP contribution in [0.2, 0.25) is 0 Å². The van der Waals surface area contributed by atoms with E-state index >= 15 is 0 Å². The molecule has 0 aromatic carbocycles. The Labute approximate surface area is 114 Å². The summed E-state index contributed by atoms with van der Waals surface area (Å²) in [4.78, 5) is 20.2. The largest absolute Gasteiger partial charge is 0.370 e. The molecule has 1 saturated heterocycles. The predicted molar refractivity (Wildman–Crippen MR) is 75.9 cm³/mol. The Bertz CT molecular complexity index is 418. The van der Waals surface area contributed by atoms with Crippen LogP contribution in [0.3, 0.4) is 0 Å². The molecule has 1 aromatic rings. The molecule has 1 amide bonds. The maximum Gasteiger partial charge on any atom is 0.236 e. The van der Waals surface area contributed by atoms with E-state index in [2.05, 4.69) is 28.2 Å². The van der Waals surface area contributed by atoms with Crippen LogP contribution in [0.4, 0.5) is 5.82 Å². The minimum Gasteiger partial charge on any atom is -0.370 e. The molecule has 104 valence electrons. The molecular weight excluding hydrogens is 240 g/mol. The molecule has 1 aliphatic heterocycles. The zero-order chi connectivity index (χ0) is 13.7. The van der Waals surface area contributed by atoms with Crippen LogP contribution in [0.25, 0.3) is 0 Å². The van der Waals surface area contributed by atoms with E-state index in [-0.39, 0.29) is 5.91 Å². The van der Waals surface area contributed by atoms with E-state index in [0.29, 0.717) is 6.54 Å². The van der Waals surface area contributed by atoms with Gasteiger partial charge in [0.1, 0.15) is 5.82 Å². The molecule has 1 aliphatic rings. The van der Waals surface area contributed by atoms with Crippen molar-refractivity contribution in [1.82, 2.24) is 14.8 Å². The molecule has 0 unspecified atom stereocenters. The van der Waals surface area contributed by atoms with Gasteiger partial charge in [-0.15, -0.1) is 0 Å². The summed E-state index contributed by atoms with van der Waals surface area (Å²) in [5.41, 5.74) is 1.15. The fourth-order valence-corrected chi connectivity index (χ4v) is 2.24. The van der Waals surface area contributed by atoms with Gasteiger partial charge in [-0.25, -0.2) is 4.98 Å². The Morgan fingerprint density at radius 2 is 2.21 bits per heavy atom. The van der Waals surface area contributed by atoms with E-state index in [9.17, 15) is 4.79 Å². The van der Waals surface area contributed by atoms with Crippen molar-refractivity contribution < 1.29 is 4.79 Å². The van der Waals surface area contributed by atoms with Crippen molar-refractivity contribution in [2.75, 3.05) is 38.5 Å². The Balaban J connectivity index is 1.94. The zero-order valence-corrected chi connectivity index (χ0v) is 11.7. The molecule has 0 bridgehead atoms. The topological polar surface area (TPSA) is 48.5 Å². The molecule has 2 rings (SSSR count). The number of amides is 1. The van der Waals surface area contributed by atoms with Crippen LogP contribution < -0.4 is 5.32 Å². The third-order valence-electron chi connectivity index (χ3n) is 3.34. The predicted octanol–water partition coefficient (Wildman–Crippen LogP) is 1.18. The first kappa shape index (κ1) is 13.8. The molecule has 1 N–H and O–H groups in total. The monoisotopic (exact) mass is 262 g/mol. The molecule has 5 heteroatoms. The lowest BCUT2D eigenvalue weighted by molar-refractivity contribution is -0.129. The van der Waals surface area contributed by atoms with Crippen molar-refractivity contribution in [3.63, 3.8) is 0 Å². The Hall–Kier alpha value is -1.62. The lowest BCUT2D eigenvalue weighted by Crippen LogP contribution is -2.34. The molecule has 5 nitrogen and oxygen atoms in total. The van der Waals surface area contributed by atoms with E-state index in [1.165, 1.54) is 0 Å². The normalized spacial score (nSPS) is 17.4. The summed E-state index contributed by atoms with van der Waals surface area (Å²) < 4.78 is 0. The number of likely N-dealkylation sites (N-methyl/N-ethyl adjacent to an activating group) is 1. The van der Waals surface area contributed by atoms with Gasteiger partial charge in [0, 0.05) is 39.4 Å². The number of aromatic nitrogens is 1. The first-order chi connectivity index (χ1) is 9.19. The number of hydrogen-bond acceptors (Lipinski definition) is 4. The highest BCUT2D eigenvalue weighted by atomic mass is 16.2. The summed E-state index contributed by atoms with van der Waals surface area (Å²) in [5.74, 6) is 1.10. The number of carbonyl (C=O) groups excluding carboxylic acids is 1. The maximum atomic E-state index is 11.8. The van der Waals surface area contributed by atoms with Gasteiger partial charge in [0.15, 0.2) is 0 Å². The summed E-state index contributed by atoms with van der Waals surface area (Å²) in [6.45, 7) is 6.04. The van der Waals surface area contributed by atoms with Crippen molar-refractivity contribution in [3.05, 3.63) is 23.9 Å². The van der Waals surface area contributed by atoms with Crippen molar-refractivity contribution in [1.29, 1.82) is 0 Å². The van der Waals surface area contributed by atoms with Crippen LogP contribution in [-0.4, -0.2) is 53.9 Å². The highest BCUT2D eigenvalue weighted by Crippen LogP contribution is 2.10. The fraction of sp³-hybridized carbons (Fsp3) is 0.571. The SMILES string of the molecule is CCNc1ccc(CN2CCCN(C)C(=O)C2)cn1. The third-order valence-corrected chi connectivity index (χ3v) is 3.34. The van der Waals surface area contributed by atoms with E-state index < -0.39 is 0 Å². The average molecular weight is 262 g/mol. The van der Waals surface area contributed by atoms with Gasteiger partial charge in [-0.05, 0) is 25.0 Å². The molecule has 0 aliphatic carbocycles. The summed E-state index contributed by atoms with van der Waals surface area (Å²) in [7, 11) is 1.87. The summed E-state index contributed by atoms with van der Waals surface area (Å²) >= 11 is 0. The van der Waals surface area contributed by atoms with Crippen LogP contribution in [0, 0.1) is 0 Å². The lowest BCUT2D eigenvalue weighted by Gasteiger charge is -2.19. The second-order valence-corrected chi connectivity index (χ2v) is 4.96. The summed E-state index contributed by atoms with van der Waals surface area (Å²) in [6, 6.07) is 4.06. The first-order valence-corrected chi connectivity index (χ1v) is 6.84. The number of anilines is 1. The number of nitrogens with one attached hydrogen (secondary N) is 1. The van der Waals surface area contributed by atoms with Crippen LogP contribution in [0.5, 0.6) is 0 Å². The molecule has 0 radical (unpaired) electrons. The van der Waals surface area contributed by atoms with Crippen LogP contribution in [-0.2, 0) is 11.3 Å². The van der Waals surface area contributed by atoms with Gasteiger partial charge in [0.2, 0.25) is 5.91 Å². The molecular formula is C14H22N4O. The second-order valence-electron chi connectivity index (χ2n) is 4.96. The van der Waals surface area contributed by atoms with Gasteiger partial charge in [0.05, 0.1) is 6.54 Å². The van der Waals surface area contributed by atoms with Gasteiger partial charge in [-0.1, -0.05) is 6.07 Å². The maximum absolute atomic E-state index is 11.8. The summed E-state index contributed by atoms with van der Waals surface area (Å²) in [6.07, 6.45) is 2.92. The molecule has 1 fully saturated rings. The minimum absolute atomic E-state index is 0.203. The number of hydrogen-bond donors (Lipinski definition) is 1. The van der Waals surface area contributed by atoms with Crippen molar-refractivity contribution >= 4 is 11.7 Å². The van der Waals surface area contributed by atoms with Gasteiger partial charge in [-0.3, -0.25) is 9.69 Å². The molecule has 1 aromatic heterocycles. The van der Waals surface area contributed by atoms with Crippen molar-refractivity contribution in [3.8, 4) is 0 Å². The van der Waals surface area contributed by atoms with E-state index in [1.807, 2.05) is 24.2 Å². The standard InChI is InChI=1S/C14H22N4O/c1-3-15-13-6-5-12(9-16-13)10-18-8-4-7-17(2)14(19)11-18/h5-6,9H,3-4,7-8,10-11H2,1-2H3,(H,15,16). The lowest BCUT2D eigenvalue weighted by atomic mass is 10.2. The molecule has 0 spiro atoms. The highest BCUT2D eigenvalue weighted by molar-refractivity contribution is 5.78. The molecule has 0 saturated carbocycles. The van der Waals surface area contributed by atoms with Crippen LogP contribution in [0.15, 0.2) is 18.3 Å². The Morgan fingerprint density at radius 1 is 1.37 bits per heavy atom. The van der Waals surface area contributed by atoms with Gasteiger partial charge < -0.3 is 10.2 Å². The minimum atomic E-state index is 0.203. The number of nitrogens with zero attached hydrogens (tertiary/aromatic N) is 3. The highest BCUT2D eigenvalue weighted by Gasteiger charge is 2.18. The van der Waals surface area contributed by atoms with Crippen LogP contribution >= 0.6 is 0 Å². The van der Waals surface area contributed by atoms with E-state index in [4.69, 9.17) is 0 Å². The van der Waals surface area contributed by atoms with Crippen LogP contribution in [0.1, 0.15) is 18.9 Å². The fourth-order valence-electron chi connectivity index (χ4n) is 2.24. The van der Waals surface area contributed by atoms with E-state index in [0.717, 1.165) is 44.0 Å². The van der Waals surface area contributed by atoms with Gasteiger partial charge in [0.25, 0.3) is 0 Å². The average Bonchev–Trinajstić information content (AvgIpc) is 2.55. The second kappa shape index (κ2) is 6.52. The quantitative estimate of drug-likeness (QED) is 0.885. The molecule has 19 heavy (non-hydrogen) atoms. The van der Waals surface area contributed by atoms with Gasteiger partial charge >= 0.3 is 0 Å². The smallest absolute Gasteiger partial charge is 0.236 e.